The number of piperazine rings is 1. The molecule has 0 amide bonds. The Balaban J connectivity index is -0.000000187. The molecule has 1 unspecified atom stereocenters. The largest absolute Gasteiger partial charge is 0.490 e. The second-order valence-corrected chi connectivity index (χ2v) is 13.9. The van der Waals surface area contributed by atoms with Crippen LogP contribution in [0.25, 0.3) is 0 Å². The van der Waals surface area contributed by atoms with Crippen molar-refractivity contribution in [3.8, 4) is 5.75 Å². The lowest BCUT2D eigenvalue weighted by molar-refractivity contribution is 0.0410. The summed E-state index contributed by atoms with van der Waals surface area (Å²) in [4.78, 5) is 8.65. The van der Waals surface area contributed by atoms with Gasteiger partial charge in [-0.2, -0.15) is 0 Å². The number of benzene rings is 1. The number of hydrazine groups is 1. The van der Waals surface area contributed by atoms with Crippen LogP contribution in [0.2, 0.25) is 0 Å². The molecule has 8 rings (SSSR count). The fourth-order valence-electron chi connectivity index (χ4n) is 5.26. The van der Waals surface area contributed by atoms with Crippen LogP contribution in [-0.2, 0) is 9.47 Å². The summed E-state index contributed by atoms with van der Waals surface area (Å²) in [6, 6.07) is 6.18. The fourth-order valence-corrected chi connectivity index (χ4v) is 5.26. The molecule has 0 aromatic heterocycles. The highest BCUT2D eigenvalue weighted by Gasteiger charge is 2.08. The summed E-state index contributed by atoms with van der Waals surface area (Å²) in [5, 5.41) is 16.0. The van der Waals surface area contributed by atoms with Crippen molar-refractivity contribution >= 4 is 11.5 Å². The van der Waals surface area contributed by atoms with E-state index in [4.69, 9.17) is 14.2 Å². The van der Waals surface area contributed by atoms with Crippen LogP contribution >= 0.6 is 0 Å². The molecule has 0 bridgehead atoms. The van der Waals surface area contributed by atoms with Gasteiger partial charge >= 0.3 is 0 Å². The molecule has 13 heteroatoms. The molecule has 0 aliphatic carbocycles. The number of fused-ring (bicyclic) bond motifs is 1. The molecule has 4 fully saturated rings. The number of amidine groups is 1. The summed E-state index contributed by atoms with van der Waals surface area (Å²) >= 11 is 0. The molecule has 7 aliphatic heterocycles. The molecule has 7 N–H and O–H groups in total. The van der Waals surface area contributed by atoms with Crippen LogP contribution in [0.5, 0.6) is 5.75 Å². The fraction of sp³-hybridized carbons (Fsp3) is 0.756. The van der Waals surface area contributed by atoms with E-state index in [0.717, 1.165) is 109 Å². The summed E-state index contributed by atoms with van der Waals surface area (Å²) in [6.07, 6.45) is 9.16. The van der Waals surface area contributed by atoms with Gasteiger partial charge in [-0.05, 0) is 110 Å². The van der Waals surface area contributed by atoms with Crippen molar-refractivity contribution < 1.29 is 14.2 Å². The maximum Gasteiger partial charge on any atom is 0.142 e. The first-order chi connectivity index (χ1) is 25.2. The van der Waals surface area contributed by atoms with Crippen LogP contribution in [0.4, 0.5) is 5.69 Å². The van der Waals surface area contributed by atoms with Crippen LogP contribution in [-0.4, -0.2) is 147 Å². The van der Waals surface area contributed by atoms with Gasteiger partial charge in [0.2, 0.25) is 0 Å². The lowest BCUT2D eigenvalue weighted by atomic mass is 10.0. The Labute approximate surface area is 360 Å². The molecule has 0 spiro atoms. The zero-order valence-electron chi connectivity index (χ0n) is 33.6. The quantitative estimate of drug-likeness (QED) is 0.152. The van der Waals surface area contributed by atoms with Gasteiger partial charge in [0.25, 0.3) is 0 Å². The number of aliphatic imine (C=N–C) groups is 1. The lowest BCUT2D eigenvalue weighted by Gasteiger charge is -2.21. The highest BCUT2D eigenvalue weighted by atomic mass is 16.5. The predicted octanol–water partition coefficient (Wildman–Crippen LogP) is 6.61. The van der Waals surface area contributed by atoms with Crippen LogP contribution in [0, 0.1) is 12.8 Å². The van der Waals surface area contributed by atoms with E-state index >= 15 is 0 Å². The van der Waals surface area contributed by atoms with Crippen molar-refractivity contribution in [2.75, 3.05) is 131 Å². The minimum absolute atomic E-state index is 0. The molecule has 4 saturated heterocycles. The Kier molecular flexibility index (Phi) is 47.0. The molecule has 0 radical (unpaired) electrons. The van der Waals surface area contributed by atoms with E-state index in [0.29, 0.717) is 6.10 Å². The van der Waals surface area contributed by atoms with Crippen LogP contribution in [0.1, 0.15) is 90.7 Å². The minimum atomic E-state index is 0. The van der Waals surface area contributed by atoms with E-state index in [1.165, 1.54) is 50.3 Å². The first-order valence-electron chi connectivity index (χ1n) is 19.5. The molecule has 1 atom stereocenters. The van der Waals surface area contributed by atoms with Gasteiger partial charge in [0.1, 0.15) is 12.4 Å². The van der Waals surface area contributed by atoms with Crippen molar-refractivity contribution in [1.82, 2.24) is 41.9 Å². The number of nitrogens with zero attached hydrogens (tertiary/aromatic N) is 3. The second kappa shape index (κ2) is 42.4. The first kappa shape index (κ1) is 64.4. The number of allylic oxidation sites excluding steroid dienone is 1. The van der Waals surface area contributed by atoms with Crippen molar-refractivity contribution in [3.63, 3.8) is 0 Å². The van der Waals surface area contributed by atoms with Crippen molar-refractivity contribution in [2.24, 2.45) is 10.9 Å². The molecule has 0 saturated carbocycles. The minimum Gasteiger partial charge on any atom is -0.490 e. The number of nitrogens with one attached hydrogen (secondary N) is 7. The van der Waals surface area contributed by atoms with Crippen LogP contribution in [0.3, 0.4) is 0 Å². The van der Waals surface area contributed by atoms with E-state index in [9.17, 15) is 0 Å². The summed E-state index contributed by atoms with van der Waals surface area (Å²) in [6.45, 7) is 28.1. The summed E-state index contributed by atoms with van der Waals surface area (Å²) in [5.41, 5.74) is 9.46. The molecule has 1 aromatic carbocycles. The smallest absolute Gasteiger partial charge is 0.142 e. The second-order valence-electron chi connectivity index (χ2n) is 13.9. The molecule has 346 valence electrons. The van der Waals surface area contributed by atoms with Crippen LogP contribution < -0.4 is 42.2 Å². The third-order valence-corrected chi connectivity index (χ3v) is 8.77. The summed E-state index contributed by atoms with van der Waals surface area (Å²) in [5.74, 6) is 2.95. The molecule has 1 aromatic rings. The van der Waals surface area contributed by atoms with E-state index in [2.05, 4.69) is 105 Å². The molecule has 13 nitrogen and oxygen atoms in total. The third-order valence-electron chi connectivity index (χ3n) is 8.77. The third kappa shape index (κ3) is 35.2. The number of anilines is 1. The number of hydrogen-bond acceptors (Lipinski definition) is 13. The van der Waals surface area contributed by atoms with Gasteiger partial charge in [-0.25, -0.2) is 5.43 Å². The number of likely N-dealkylation sites (N-methyl/N-ethyl adjacent to an activating group) is 2. The van der Waals surface area contributed by atoms with E-state index < -0.39 is 0 Å². The molecule has 58 heavy (non-hydrogen) atoms. The van der Waals surface area contributed by atoms with Gasteiger partial charge in [0, 0.05) is 71.1 Å². The number of morpholine rings is 2. The van der Waals surface area contributed by atoms with Crippen LogP contribution in [0.15, 0.2) is 47.2 Å². The average molecular weight is 827 g/mol. The van der Waals surface area contributed by atoms with E-state index in [1.807, 2.05) is 32.2 Å². The first-order valence-corrected chi connectivity index (χ1v) is 19.5. The Morgan fingerprint density at radius 1 is 0.724 bits per heavy atom. The SMILES string of the molecule is C.C.C.C.C.C.CC1=CCNN1.CC1=NCC=CN1.CC1CCNCC1.CC1CNCCO1.CN1CCNCC1.CN1CCOCC1.Cc1ccc2c(c1)NCCO2. The van der Waals surface area contributed by atoms with Gasteiger partial charge in [-0.15, -0.1) is 0 Å². The maximum absolute atomic E-state index is 5.42. The normalized spacial score (nSPS) is 20.2. The number of hydrogen-bond donors (Lipinski definition) is 7. The zero-order valence-corrected chi connectivity index (χ0v) is 33.6. The van der Waals surface area contributed by atoms with Crippen molar-refractivity contribution in [1.29, 1.82) is 0 Å². The number of aryl methyl sites for hydroxylation is 1. The van der Waals surface area contributed by atoms with Gasteiger partial charge < -0.3 is 56.0 Å². The van der Waals surface area contributed by atoms with E-state index in [1.54, 1.807) is 0 Å². The average Bonchev–Trinajstić information content (AvgIpc) is 3.66. The van der Waals surface area contributed by atoms with Gasteiger partial charge in [-0.3, -0.25) is 4.99 Å². The van der Waals surface area contributed by atoms with Gasteiger partial charge in [0.05, 0.1) is 44.0 Å². The maximum atomic E-state index is 5.42. The van der Waals surface area contributed by atoms with Gasteiger partial charge in [0.15, 0.2) is 0 Å². The van der Waals surface area contributed by atoms with Gasteiger partial charge in [-0.1, -0.05) is 57.6 Å². The topological polar surface area (TPSA) is 131 Å². The number of ether oxygens (including phenoxy) is 3. The highest BCUT2D eigenvalue weighted by Crippen LogP contribution is 2.27. The molecule has 7 aliphatic rings. The zero-order chi connectivity index (χ0) is 37.7. The number of piperidine rings is 1. The molecular weight excluding hydrogens is 729 g/mol. The summed E-state index contributed by atoms with van der Waals surface area (Å²) < 4.78 is 15.7. The van der Waals surface area contributed by atoms with Crippen molar-refractivity contribution in [2.45, 2.75) is 98.1 Å². The Morgan fingerprint density at radius 3 is 1.72 bits per heavy atom. The Bertz CT molecular complexity index is 1050. The lowest BCUT2D eigenvalue weighted by Crippen LogP contribution is -2.40. The number of rotatable bonds is 0. The molecular formula is C45H98N10O3. The standard InChI is InChI=1S/C9H11NO.C6H13N.C5H12N2.C5H8N2.2C5H11NO.C4H8N2.6CH4/c1-7-2-3-9-8(6-7)10-4-5-11-9;1-6-2-4-7-5-3-6;1-7-4-2-6-3-5-7;1-5-6-3-2-4-7-5;1-6-2-4-7-5-3-6;1-5-4-6-2-3-7-5;1-4-2-3-5-6-4;;;;;;/h2-3,6,10H,4-5H2,1H3;6-7H,2-5H2,1H3;6H,2-5H2,1H3;2-3H,4H2,1H3,(H,6,7);2-5H2,1H3;5-6H,2-4H2,1H3;2,5-6H,3H2,1H3;6*1H4. The predicted molar refractivity (Wildman–Crippen MR) is 259 cm³/mol. The van der Waals surface area contributed by atoms with Crippen molar-refractivity contribution in [3.05, 3.63) is 47.8 Å². The summed E-state index contributed by atoms with van der Waals surface area (Å²) in [7, 11) is 4.27. The monoisotopic (exact) mass is 827 g/mol. The Morgan fingerprint density at radius 2 is 1.36 bits per heavy atom. The highest BCUT2D eigenvalue weighted by molar-refractivity contribution is 5.81. The Hall–Kier alpha value is -2.75. The molecule has 7 heterocycles. The van der Waals surface area contributed by atoms with E-state index in [-0.39, 0.29) is 44.6 Å².